The molecule has 1 spiro atoms. The molecule has 1 aromatic carbocycles. The van der Waals surface area contributed by atoms with E-state index in [1.807, 2.05) is 31.2 Å². The molecule has 0 aromatic heterocycles. The van der Waals surface area contributed by atoms with Crippen LogP contribution >= 0.6 is 0 Å². The zero-order valence-electron chi connectivity index (χ0n) is 18.8. The normalized spacial score (nSPS) is 28.8. The summed E-state index contributed by atoms with van der Waals surface area (Å²) in [6.07, 6.45) is 3.48. The molecule has 7 heteroatoms. The van der Waals surface area contributed by atoms with Gasteiger partial charge in [-0.25, -0.2) is 0 Å². The third kappa shape index (κ3) is 4.20. The summed E-state index contributed by atoms with van der Waals surface area (Å²) in [6.45, 7) is 8.03. The highest BCUT2D eigenvalue weighted by atomic mass is 16.5. The second kappa shape index (κ2) is 8.61. The molecule has 0 unspecified atom stereocenters. The van der Waals surface area contributed by atoms with Crippen LogP contribution < -0.4 is 0 Å². The number of aryl methyl sites for hydroxylation is 1. The number of ether oxygens (including phenoxy) is 1. The molecule has 0 N–H and O–H groups in total. The summed E-state index contributed by atoms with van der Waals surface area (Å²) in [4.78, 5) is 44.2. The molecule has 7 nitrogen and oxygen atoms in total. The number of carbonyl (C=O) groups excluding carboxylic acids is 3. The highest BCUT2D eigenvalue weighted by Crippen LogP contribution is 2.43. The molecule has 3 amide bonds. The van der Waals surface area contributed by atoms with Crippen molar-refractivity contribution in [1.82, 2.24) is 14.7 Å². The highest BCUT2D eigenvalue weighted by molar-refractivity contribution is 5.98. The topological polar surface area (TPSA) is 70.2 Å². The van der Waals surface area contributed by atoms with Crippen LogP contribution in [0.25, 0.3) is 0 Å². The summed E-state index contributed by atoms with van der Waals surface area (Å²) in [5, 5.41) is 0. The van der Waals surface area contributed by atoms with E-state index in [0.29, 0.717) is 37.7 Å². The highest BCUT2D eigenvalue weighted by Gasteiger charge is 2.54. The Morgan fingerprint density at radius 2 is 1.68 bits per heavy atom. The van der Waals surface area contributed by atoms with Crippen molar-refractivity contribution >= 4 is 17.7 Å². The van der Waals surface area contributed by atoms with Gasteiger partial charge in [0.15, 0.2) is 0 Å². The first-order valence-electron chi connectivity index (χ1n) is 11.4. The summed E-state index contributed by atoms with van der Waals surface area (Å²) >= 11 is 0. The quantitative estimate of drug-likeness (QED) is 0.727. The zero-order chi connectivity index (χ0) is 22.2. The molecule has 2 saturated heterocycles. The van der Waals surface area contributed by atoms with E-state index in [4.69, 9.17) is 4.74 Å². The fraction of sp³-hybridized carbons (Fsp3) is 0.625. The Kier molecular flexibility index (Phi) is 6.06. The molecule has 0 bridgehead atoms. The minimum absolute atomic E-state index is 0.0304. The van der Waals surface area contributed by atoms with Crippen LogP contribution in [0.4, 0.5) is 0 Å². The molecule has 168 valence electrons. The third-order valence-electron chi connectivity index (χ3n) is 7.12. The molecule has 3 fully saturated rings. The van der Waals surface area contributed by atoms with Gasteiger partial charge >= 0.3 is 0 Å². The van der Waals surface area contributed by atoms with Crippen molar-refractivity contribution in [1.29, 1.82) is 0 Å². The number of nitrogens with zero attached hydrogens (tertiary/aromatic N) is 3. The lowest BCUT2D eigenvalue weighted by Crippen LogP contribution is -2.59. The SMILES string of the molecule is CC(=O)N1CCN(C(=O)[C@@H]2COC3(CCC(C)CC3)N2C(=O)c2cccc(C)c2)CC1. The van der Waals surface area contributed by atoms with E-state index in [1.54, 1.807) is 21.6 Å². The summed E-state index contributed by atoms with van der Waals surface area (Å²) in [5.41, 5.74) is 0.915. The standard InChI is InChI=1S/C24H33N3O4/c1-17-7-9-24(10-8-17)27(22(29)20-6-4-5-18(2)15-20)21(16-31-24)23(30)26-13-11-25(12-14-26)19(3)28/h4-6,15,17,21H,7-14,16H2,1-3H3/t17?,21-,24?/m0/s1. The fourth-order valence-corrected chi connectivity index (χ4v) is 5.14. The maximum Gasteiger partial charge on any atom is 0.256 e. The molecule has 2 heterocycles. The van der Waals surface area contributed by atoms with Gasteiger partial charge in [-0.1, -0.05) is 24.6 Å². The van der Waals surface area contributed by atoms with E-state index in [0.717, 1.165) is 31.2 Å². The minimum atomic E-state index is -0.700. The predicted molar refractivity (Wildman–Crippen MR) is 116 cm³/mol. The van der Waals surface area contributed by atoms with Crippen molar-refractivity contribution in [3.05, 3.63) is 35.4 Å². The Labute approximate surface area is 184 Å². The first-order valence-corrected chi connectivity index (χ1v) is 11.4. The number of carbonyl (C=O) groups is 3. The number of rotatable bonds is 2. The molecule has 0 radical (unpaired) electrons. The number of hydrogen-bond donors (Lipinski definition) is 0. The van der Waals surface area contributed by atoms with Crippen LogP contribution in [0.15, 0.2) is 24.3 Å². The van der Waals surface area contributed by atoms with Crippen molar-refractivity contribution in [3.8, 4) is 0 Å². The molecule has 4 rings (SSSR count). The average Bonchev–Trinajstić information content (AvgIpc) is 3.13. The Morgan fingerprint density at radius 3 is 2.29 bits per heavy atom. The van der Waals surface area contributed by atoms with Crippen molar-refractivity contribution < 1.29 is 19.1 Å². The summed E-state index contributed by atoms with van der Waals surface area (Å²) in [6, 6.07) is 6.93. The number of benzene rings is 1. The van der Waals surface area contributed by atoms with Crippen LogP contribution in [0.5, 0.6) is 0 Å². The van der Waals surface area contributed by atoms with Gasteiger partial charge in [0, 0.05) is 38.7 Å². The third-order valence-corrected chi connectivity index (χ3v) is 7.12. The van der Waals surface area contributed by atoms with Gasteiger partial charge in [-0.3, -0.25) is 19.3 Å². The Balaban J connectivity index is 1.59. The Bertz CT molecular complexity index is 854. The van der Waals surface area contributed by atoms with Crippen LogP contribution in [0, 0.1) is 12.8 Å². The van der Waals surface area contributed by atoms with Crippen molar-refractivity contribution in [2.24, 2.45) is 5.92 Å². The largest absolute Gasteiger partial charge is 0.353 e. The van der Waals surface area contributed by atoms with Gasteiger partial charge in [0.05, 0.1) is 6.61 Å². The molecular formula is C24H33N3O4. The van der Waals surface area contributed by atoms with Crippen LogP contribution in [0.3, 0.4) is 0 Å². The molecule has 1 aliphatic carbocycles. The molecule has 2 aliphatic heterocycles. The first kappa shape index (κ1) is 21.8. The molecule has 1 atom stereocenters. The fourth-order valence-electron chi connectivity index (χ4n) is 5.14. The average molecular weight is 428 g/mol. The molecule has 1 saturated carbocycles. The van der Waals surface area contributed by atoms with Crippen molar-refractivity contribution in [2.45, 2.75) is 58.2 Å². The van der Waals surface area contributed by atoms with Crippen LogP contribution in [-0.4, -0.2) is 77.0 Å². The van der Waals surface area contributed by atoms with Gasteiger partial charge in [0.25, 0.3) is 5.91 Å². The van der Waals surface area contributed by atoms with Gasteiger partial charge in [0.2, 0.25) is 11.8 Å². The number of hydrogen-bond acceptors (Lipinski definition) is 4. The number of amides is 3. The van der Waals surface area contributed by atoms with E-state index >= 15 is 0 Å². The Hall–Kier alpha value is -2.41. The van der Waals surface area contributed by atoms with E-state index in [1.165, 1.54) is 0 Å². The molecule has 31 heavy (non-hydrogen) atoms. The van der Waals surface area contributed by atoms with Gasteiger partial charge in [-0.05, 0) is 50.7 Å². The maximum absolute atomic E-state index is 13.7. The summed E-state index contributed by atoms with van der Waals surface area (Å²) in [5.74, 6) is 0.429. The van der Waals surface area contributed by atoms with Gasteiger partial charge < -0.3 is 14.5 Å². The smallest absolute Gasteiger partial charge is 0.256 e. The lowest BCUT2D eigenvalue weighted by atomic mass is 9.83. The van der Waals surface area contributed by atoms with Gasteiger partial charge in [-0.2, -0.15) is 0 Å². The lowest BCUT2D eigenvalue weighted by Gasteiger charge is -2.44. The monoisotopic (exact) mass is 427 g/mol. The second-order valence-corrected chi connectivity index (χ2v) is 9.33. The first-order chi connectivity index (χ1) is 14.8. The van der Waals surface area contributed by atoms with Gasteiger partial charge in [0.1, 0.15) is 11.8 Å². The Morgan fingerprint density at radius 1 is 1.03 bits per heavy atom. The van der Waals surface area contributed by atoms with E-state index in [9.17, 15) is 14.4 Å². The van der Waals surface area contributed by atoms with Crippen LogP contribution in [-0.2, 0) is 14.3 Å². The minimum Gasteiger partial charge on any atom is -0.353 e. The number of piperazine rings is 1. The molecule has 1 aromatic rings. The summed E-state index contributed by atoms with van der Waals surface area (Å²) in [7, 11) is 0. The predicted octanol–water partition coefficient (Wildman–Crippen LogP) is 2.43. The van der Waals surface area contributed by atoms with Crippen LogP contribution in [0.2, 0.25) is 0 Å². The van der Waals surface area contributed by atoms with E-state index in [-0.39, 0.29) is 24.3 Å². The molecular weight excluding hydrogens is 394 g/mol. The van der Waals surface area contributed by atoms with Crippen molar-refractivity contribution in [2.75, 3.05) is 32.8 Å². The second-order valence-electron chi connectivity index (χ2n) is 9.33. The zero-order valence-corrected chi connectivity index (χ0v) is 18.8. The van der Waals surface area contributed by atoms with Crippen molar-refractivity contribution in [3.63, 3.8) is 0 Å². The van der Waals surface area contributed by atoms with Gasteiger partial charge in [-0.15, -0.1) is 0 Å². The van der Waals surface area contributed by atoms with E-state index < -0.39 is 11.8 Å². The summed E-state index contributed by atoms with van der Waals surface area (Å²) < 4.78 is 6.29. The molecule has 3 aliphatic rings. The van der Waals surface area contributed by atoms with E-state index in [2.05, 4.69) is 6.92 Å². The van der Waals surface area contributed by atoms with Crippen LogP contribution in [0.1, 0.15) is 55.5 Å². The maximum atomic E-state index is 13.7. The lowest BCUT2D eigenvalue weighted by molar-refractivity contribution is -0.142.